The molecule has 1 saturated carbocycles. The first-order valence-corrected chi connectivity index (χ1v) is 10.4. The highest BCUT2D eigenvalue weighted by Crippen LogP contribution is 2.43. The molecule has 29 heavy (non-hydrogen) atoms. The molecular weight excluding hydrogens is 366 g/mol. The van der Waals surface area contributed by atoms with Crippen molar-refractivity contribution in [3.63, 3.8) is 0 Å². The minimum absolute atomic E-state index is 0.0452. The van der Waals surface area contributed by atoms with Gasteiger partial charge in [-0.25, -0.2) is 0 Å². The molecule has 1 aromatic heterocycles. The maximum absolute atomic E-state index is 12.7. The van der Waals surface area contributed by atoms with Crippen LogP contribution >= 0.6 is 0 Å². The number of nitrogens with zero attached hydrogens (tertiary/aromatic N) is 3. The average molecular weight is 391 g/mol. The number of rotatable bonds is 4. The van der Waals surface area contributed by atoms with Crippen molar-refractivity contribution in [1.29, 1.82) is 0 Å². The maximum Gasteiger partial charge on any atom is 0.242 e. The zero-order valence-corrected chi connectivity index (χ0v) is 16.3. The van der Waals surface area contributed by atoms with E-state index >= 15 is 0 Å². The number of amides is 2. The third kappa shape index (κ3) is 3.02. The maximum atomic E-state index is 12.7. The van der Waals surface area contributed by atoms with Crippen LogP contribution in [0.3, 0.4) is 0 Å². The number of hydrogen-bond acceptors (Lipinski definition) is 4. The van der Waals surface area contributed by atoms with Crippen LogP contribution in [0.2, 0.25) is 0 Å². The summed E-state index contributed by atoms with van der Waals surface area (Å²) in [7, 11) is 0. The Bertz CT molecular complexity index is 911. The summed E-state index contributed by atoms with van der Waals surface area (Å²) in [4.78, 5) is 33.1. The van der Waals surface area contributed by atoms with Gasteiger partial charge < -0.3 is 14.9 Å². The standard InChI is InChI=1S/C23H25N3O3/c27-14-20-22(16-8-6-15(7-9-16)18-5-2-10-24-11-18)19-12-25(13-21(28)26(19)20)23(29)17-3-1-4-17/h2,5-11,17,19-20,22,27H,1,3-4,12-14H2/t19-,20+,22+/m1/s1. The van der Waals surface area contributed by atoms with Crippen molar-refractivity contribution in [2.45, 2.75) is 37.3 Å². The predicted octanol–water partition coefficient (Wildman–Crippen LogP) is 2.05. The summed E-state index contributed by atoms with van der Waals surface area (Å²) in [6.45, 7) is 0.648. The van der Waals surface area contributed by atoms with E-state index in [9.17, 15) is 14.7 Å². The molecule has 3 fully saturated rings. The van der Waals surface area contributed by atoms with Crippen LogP contribution in [0.5, 0.6) is 0 Å². The molecule has 150 valence electrons. The van der Waals surface area contributed by atoms with E-state index in [0.29, 0.717) is 6.54 Å². The van der Waals surface area contributed by atoms with Crippen molar-refractivity contribution >= 4 is 11.8 Å². The van der Waals surface area contributed by atoms with Crippen LogP contribution in [-0.4, -0.2) is 63.5 Å². The van der Waals surface area contributed by atoms with Crippen molar-refractivity contribution in [3.8, 4) is 11.1 Å². The smallest absolute Gasteiger partial charge is 0.242 e. The highest BCUT2D eigenvalue weighted by atomic mass is 16.3. The number of carbonyl (C=O) groups is 2. The number of carbonyl (C=O) groups excluding carboxylic acids is 2. The summed E-state index contributed by atoms with van der Waals surface area (Å²) >= 11 is 0. The largest absolute Gasteiger partial charge is 0.394 e. The molecule has 2 aromatic rings. The Morgan fingerprint density at radius 2 is 1.93 bits per heavy atom. The van der Waals surface area contributed by atoms with Gasteiger partial charge in [0.2, 0.25) is 11.8 Å². The van der Waals surface area contributed by atoms with Crippen LogP contribution in [0.4, 0.5) is 0 Å². The first-order chi connectivity index (χ1) is 14.2. The molecular formula is C23H25N3O3. The summed E-state index contributed by atoms with van der Waals surface area (Å²) in [5.41, 5.74) is 3.24. The Labute approximate surface area is 170 Å². The van der Waals surface area contributed by atoms with Gasteiger partial charge in [-0.2, -0.15) is 0 Å². The first kappa shape index (κ1) is 18.3. The molecule has 3 aliphatic rings. The van der Waals surface area contributed by atoms with E-state index in [-0.39, 0.29) is 48.9 Å². The van der Waals surface area contributed by atoms with Gasteiger partial charge in [0.15, 0.2) is 0 Å². The van der Waals surface area contributed by atoms with Crippen molar-refractivity contribution < 1.29 is 14.7 Å². The Kier molecular flexibility index (Phi) is 4.59. The lowest BCUT2D eigenvalue weighted by atomic mass is 9.73. The SMILES string of the molecule is O=C(C1CCC1)N1CC(=O)N2[C@H](C1)[C@H](c1ccc(-c3cccnc3)cc1)[C@@H]2CO. The zero-order valence-electron chi connectivity index (χ0n) is 16.3. The molecule has 1 aliphatic carbocycles. The van der Waals surface area contributed by atoms with Crippen LogP contribution < -0.4 is 0 Å². The molecule has 0 spiro atoms. The van der Waals surface area contributed by atoms with Crippen molar-refractivity contribution in [2.24, 2.45) is 5.92 Å². The van der Waals surface area contributed by atoms with Crippen LogP contribution in [0.25, 0.3) is 11.1 Å². The fourth-order valence-corrected chi connectivity index (χ4v) is 5.01. The molecule has 6 heteroatoms. The van der Waals surface area contributed by atoms with E-state index in [4.69, 9.17) is 0 Å². The molecule has 1 aromatic carbocycles. The number of fused-ring (bicyclic) bond motifs is 1. The normalized spacial score (nSPS) is 26.5. The second-order valence-electron chi connectivity index (χ2n) is 8.35. The fraction of sp³-hybridized carbons (Fsp3) is 0.435. The number of hydrogen-bond donors (Lipinski definition) is 1. The van der Waals surface area contributed by atoms with Gasteiger partial charge in [0.25, 0.3) is 0 Å². The summed E-state index contributed by atoms with van der Waals surface area (Å²) < 4.78 is 0. The van der Waals surface area contributed by atoms with E-state index in [1.165, 1.54) is 0 Å². The quantitative estimate of drug-likeness (QED) is 0.866. The number of aromatic nitrogens is 1. The molecule has 2 amide bonds. The van der Waals surface area contributed by atoms with Crippen molar-refractivity contribution in [1.82, 2.24) is 14.8 Å². The second-order valence-corrected chi connectivity index (χ2v) is 8.35. The zero-order chi connectivity index (χ0) is 20.0. The third-order valence-electron chi connectivity index (χ3n) is 6.81. The molecule has 2 aliphatic heterocycles. The molecule has 2 saturated heterocycles. The molecule has 6 nitrogen and oxygen atoms in total. The van der Waals surface area contributed by atoms with Crippen LogP contribution in [-0.2, 0) is 9.59 Å². The molecule has 3 atom stereocenters. The summed E-state index contributed by atoms with van der Waals surface area (Å²) in [5.74, 6) is 0.225. The topological polar surface area (TPSA) is 73.7 Å². The van der Waals surface area contributed by atoms with Crippen molar-refractivity contribution in [3.05, 3.63) is 54.4 Å². The monoisotopic (exact) mass is 391 g/mol. The third-order valence-corrected chi connectivity index (χ3v) is 6.81. The number of benzene rings is 1. The van der Waals surface area contributed by atoms with E-state index in [0.717, 1.165) is 36.0 Å². The van der Waals surface area contributed by atoms with E-state index in [2.05, 4.69) is 29.2 Å². The van der Waals surface area contributed by atoms with Gasteiger partial charge >= 0.3 is 0 Å². The molecule has 5 rings (SSSR count). The highest BCUT2D eigenvalue weighted by molar-refractivity contribution is 5.89. The highest BCUT2D eigenvalue weighted by Gasteiger charge is 2.54. The van der Waals surface area contributed by atoms with Gasteiger partial charge in [0.05, 0.1) is 25.2 Å². The van der Waals surface area contributed by atoms with Gasteiger partial charge in [0, 0.05) is 30.8 Å². The van der Waals surface area contributed by atoms with Crippen LogP contribution in [0.1, 0.15) is 30.7 Å². The summed E-state index contributed by atoms with van der Waals surface area (Å²) in [5, 5.41) is 9.93. The number of aliphatic hydroxyl groups is 1. The summed E-state index contributed by atoms with van der Waals surface area (Å²) in [6.07, 6.45) is 6.57. The van der Waals surface area contributed by atoms with Gasteiger partial charge in [-0.3, -0.25) is 14.6 Å². The molecule has 0 bridgehead atoms. The average Bonchev–Trinajstić information content (AvgIpc) is 2.69. The lowest BCUT2D eigenvalue weighted by Crippen LogP contribution is -2.73. The van der Waals surface area contributed by atoms with E-state index in [1.54, 1.807) is 16.0 Å². The molecule has 1 N–H and O–H groups in total. The molecule has 0 radical (unpaired) electrons. The van der Waals surface area contributed by atoms with Gasteiger partial charge in [-0.05, 0) is 35.6 Å². The van der Waals surface area contributed by atoms with Gasteiger partial charge in [-0.15, -0.1) is 0 Å². The number of aliphatic hydroxyl groups excluding tert-OH is 1. The second kappa shape index (κ2) is 7.26. The predicted molar refractivity (Wildman–Crippen MR) is 108 cm³/mol. The Hall–Kier alpha value is -2.73. The number of piperazine rings is 1. The Morgan fingerprint density at radius 3 is 2.55 bits per heavy atom. The van der Waals surface area contributed by atoms with Crippen molar-refractivity contribution in [2.75, 3.05) is 19.7 Å². The summed E-state index contributed by atoms with van der Waals surface area (Å²) in [6, 6.07) is 11.9. The fourth-order valence-electron chi connectivity index (χ4n) is 5.01. The minimum atomic E-state index is -0.210. The molecule has 0 unspecified atom stereocenters. The Morgan fingerprint density at radius 1 is 1.14 bits per heavy atom. The Balaban J connectivity index is 1.37. The van der Waals surface area contributed by atoms with E-state index in [1.807, 2.05) is 18.3 Å². The lowest BCUT2D eigenvalue weighted by Gasteiger charge is -2.59. The van der Waals surface area contributed by atoms with Gasteiger partial charge in [-0.1, -0.05) is 36.8 Å². The number of pyridine rings is 1. The van der Waals surface area contributed by atoms with Crippen LogP contribution in [0, 0.1) is 5.92 Å². The van der Waals surface area contributed by atoms with Crippen LogP contribution in [0.15, 0.2) is 48.8 Å². The first-order valence-electron chi connectivity index (χ1n) is 10.4. The van der Waals surface area contributed by atoms with Gasteiger partial charge in [0.1, 0.15) is 0 Å². The van der Waals surface area contributed by atoms with E-state index < -0.39 is 0 Å². The lowest BCUT2D eigenvalue weighted by molar-refractivity contribution is -0.169. The minimum Gasteiger partial charge on any atom is -0.394 e. The molecule has 3 heterocycles.